The lowest BCUT2D eigenvalue weighted by Crippen LogP contribution is -2.39. The van der Waals surface area contributed by atoms with Gasteiger partial charge in [-0.2, -0.15) is 0 Å². The van der Waals surface area contributed by atoms with Gasteiger partial charge in [0, 0.05) is 31.6 Å². The zero-order valence-corrected chi connectivity index (χ0v) is 20.6. The Labute approximate surface area is 206 Å². The number of likely N-dealkylation sites (tertiary alicyclic amines) is 1. The quantitative estimate of drug-likeness (QED) is 0.536. The molecule has 184 valence electrons. The predicted molar refractivity (Wildman–Crippen MR) is 140 cm³/mol. The van der Waals surface area contributed by atoms with Gasteiger partial charge in [-0.3, -0.25) is 4.79 Å². The van der Waals surface area contributed by atoms with Crippen molar-refractivity contribution < 1.29 is 14.3 Å². The second-order valence-electron chi connectivity index (χ2n) is 9.40. The van der Waals surface area contributed by atoms with Crippen molar-refractivity contribution >= 4 is 28.8 Å². The number of benzene rings is 2. The van der Waals surface area contributed by atoms with Crippen molar-refractivity contribution in [3.05, 3.63) is 53.6 Å². The number of pyridine rings is 1. The Morgan fingerprint density at radius 3 is 2.77 bits per heavy atom. The molecule has 2 atom stereocenters. The van der Waals surface area contributed by atoms with E-state index in [0.717, 1.165) is 60.1 Å². The van der Waals surface area contributed by atoms with Crippen LogP contribution >= 0.6 is 0 Å². The number of aromatic nitrogens is 1. The summed E-state index contributed by atoms with van der Waals surface area (Å²) in [5.74, 6) is 0.550. The Morgan fingerprint density at radius 2 is 2.00 bits per heavy atom. The van der Waals surface area contributed by atoms with Gasteiger partial charge in [-0.15, -0.1) is 0 Å². The van der Waals surface area contributed by atoms with Crippen LogP contribution in [-0.2, 0) is 14.3 Å². The zero-order chi connectivity index (χ0) is 24.4. The van der Waals surface area contributed by atoms with Crippen molar-refractivity contribution in [2.45, 2.75) is 38.8 Å². The highest BCUT2D eigenvalue weighted by Gasteiger charge is 2.31. The Hall–Kier alpha value is -3.16. The summed E-state index contributed by atoms with van der Waals surface area (Å²) in [7, 11) is 0. The van der Waals surface area contributed by atoms with E-state index in [1.54, 1.807) is 0 Å². The molecule has 0 radical (unpaired) electrons. The van der Waals surface area contributed by atoms with E-state index < -0.39 is 0 Å². The SMILES string of the molecule is CCOC1CCN(C=O)C(c2cccc(C)c2-c2ccc3nc(N)c(N4CCOCC4)cc3c2)C1. The number of nitrogen functional groups attached to an aromatic ring is 1. The van der Waals surface area contributed by atoms with E-state index in [1.165, 1.54) is 11.1 Å². The van der Waals surface area contributed by atoms with Crippen LogP contribution in [0.5, 0.6) is 0 Å². The van der Waals surface area contributed by atoms with Crippen molar-refractivity contribution in [1.82, 2.24) is 9.88 Å². The monoisotopic (exact) mass is 474 g/mol. The standard InChI is InChI=1S/C28H34N4O3/c1-3-35-22-9-10-32(18-33)25(17-22)23-6-4-5-19(2)27(23)20-7-8-24-21(15-20)16-26(28(29)30-24)31-11-13-34-14-12-31/h4-8,15-16,18,22,25H,3,9-14,17H2,1-2H3,(H2,29,30). The van der Waals surface area contributed by atoms with Crippen LogP contribution in [0.3, 0.4) is 0 Å². The number of hydrogen-bond acceptors (Lipinski definition) is 6. The van der Waals surface area contributed by atoms with Gasteiger partial charge in [-0.1, -0.05) is 24.3 Å². The third kappa shape index (κ3) is 4.70. The fourth-order valence-corrected chi connectivity index (χ4v) is 5.53. The number of hydrogen-bond donors (Lipinski definition) is 1. The lowest BCUT2D eigenvalue weighted by atomic mass is 9.86. The Bertz CT molecular complexity index is 1210. The Kier molecular flexibility index (Phi) is 6.88. The number of nitrogens with zero attached hydrogens (tertiary/aromatic N) is 3. The number of piperidine rings is 1. The normalized spacial score (nSPS) is 20.9. The van der Waals surface area contributed by atoms with Crippen LogP contribution in [0, 0.1) is 6.92 Å². The zero-order valence-electron chi connectivity index (χ0n) is 20.6. The number of carbonyl (C=O) groups excluding carboxylic acids is 1. The van der Waals surface area contributed by atoms with Gasteiger partial charge in [0.25, 0.3) is 0 Å². The molecule has 2 unspecified atom stereocenters. The van der Waals surface area contributed by atoms with Crippen molar-refractivity contribution in [1.29, 1.82) is 0 Å². The first kappa shape index (κ1) is 23.6. The van der Waals surface area contributed by atoms with E-state index in [1.807, 2.05) is 17.9 Å². The van der Waals surface area contributed by atoms with Gasteiger partial charge in [-0.05, 0) is 67.1 Å². The fraction of sp³-hybridized carbons (Fsp3) is 0.429. The molecule has 2 saturated heterocycles. The minimum atomic E-state index is -0.0168. The van der Waals surface area contributed by atoms with Gasteiger partial charge < -0.3 is 25.0 Å². The molecule has 3 aromatic rings. The second kappa shape index (κ2) is 10.2. The molecular formula is C28H34N4O3. The smallest absolute Gasteiger partial charge is 0.210 e. The summed E-state index contributed by atoms with van der Waals surface area (Å²) in [6, 6.07) is 14.9. The maximum absolute atomic E-state index is 12.0. The highest BCUT2D eigenvalue weighted by molar-refractivity contribution is 5.91. The number of anilines is 2. The predicted octanol–water partition coefficient (Wildman–Crippen LogP) is 4.33. The highest BCUT2D eigenvalue weighted by atomic mass is 16.5. The lowest BCUT2D eigenvalue weighted by molar-refractivity contribution is -0.124. The molecule has 0 bridgehead atoms. The average molecular weight is 475 g/mol. The molecular weight excluding hydrogens is 440 g/mol. The largest absolute Gasteiger partial charge is 0.382 e. The minimum Gasteiger partial charge on any atom is -0.382 e. The van der Waals surface area contributed by atoms with Crippen LogP contribution in [-0.4, -0.2) is 61.9 Å². The maximum Gasteiger partial charge on any atom is 0.210 e. The first-order chi connectivity index (χ1) is 17.1. The molecule has 2 aliphatic heterocycles. The van der Waals surface area contributed by atoms with E-state index in [9.17, 15) is 4.79 Å². The molecule has 7 nitrogen and oxygen atoms in total. The lowest BCUT2D eigenvalue weighted by Gasteiger charge is -2.38. The minimum absolute atomic E-state index is 0.0168. The van der Waals surface area contributed by atoms with Gasteiger partial charge in [0.2, 0.25) is 6.41 Å². The molecule has 1 aromatic heterocycles. The molecule has 0 spiro atoms. The average Bonchev–Trinajstić information content (AvgIpc) is 2.88. The molecule has 2 N–H and O–H groups in total. The molecule has 2 fully saturated rings. The van der Waals surface area contributed by atoms with Crippen molar-refractivity contribution in [2.24, 2.45) is 0 Å². The molecule has 2 aliphatic rings. The molecule has 5 rings (SSSR count). The van der Waals surface area contributed by atoms with E-state index in [-0.39, 0.29) is 12.1 Å². The fourth-order valence-electron chi connectivity index (χ4n) is 5.53. The van der Waals surface area contributed by atoms with Crippen LogP contribution in [0.1, 0.15) is 36.9 Å². The summed E-state index contributed by atoms with van der Waals surface area (Å²) in [5, 5.41) is 1.05. The number of amides is 1. The van der Waals surface area contributed by atoms with Crippen LogP contribution in [0.15, 0.2) is 42.5 Å². The van der Waals surface area contributed by atoms with Gasteiger partial charge in [-0.25, -0.2) is 4.98 Å². The number of nitrogens with two attached hydrogens (primary N) is 1. The number of fused-ring (bicyclic) bond motifs is 1. The van der Waals surface area contributed by atoms with Gasteiger partial charge >= 0.3 is 0 Å². The Balaban J connectivity index is 1.57. The summed E-state index contributed by atoms with van der Waals surface area (Å²) < 4.78 is 11.5. The van der Waals surface area contributed by atoms with Gasteiger partial charge in [0.1, 0.15) is 5.82 Å². The first-order valence-corrected chi connectivity index (χ1v) is 12.5. The van der Waals surface area contributed by atoms with Crippen molar-refractivity contribution in [3.8, 4) is 11.1 Å². The molecule has 0 saturated carbocycles. The number of ether oxygens (including phenoxy) is 2. The molecule has 3 heterocycles. The molecule has 35 heavy (non-hydrogen) atoms. The molecule has 2 aromatic carbocycles. The summed E-state index contributed by atoms with van der Waals surface area (Å²) in [6.45, 7) is 8.56. The van der Waals surface area contributed by atoms with E-state index >= 15 is 0 Å². The summed E-state index contributed by atoms with van der Waals surface area (Å²) >= 11 is 0. The highest BCUT2D eigenvalue weighted by Crippen LogP contribution is 2.40. The van der Waals surface area contributed by atoms with Gasteiger partial charge in [0.15, 0.2) is 0 Å². The molecule has 1 amide bonds. The van der Waals surface area contributed by atoms with Crippen molar-refractivity contribution in [2.75, 3.05) is 50.1 Å². The van der Waals surface area contributed by atoms with E-state index in [0.29, 0.717) is 32.2 Å². The number of aryl methyl sites for hydroxylation is 1. The van der Waals surface area contributed by atoms with Crippen LogP contribution in [0.4, 0.5) is 11.5 Å². The first-order valence-electron chi connectivity index (χ1n) is 12.5. The van der Waals surface area contributed by atoms with E-state index in [4.69, 9.17) is 20.2 Å². The summed E-state index contributed by atoms with van der Waals surface area (Å²) in [4.78, 5) is 20.9. The number of rotatable bonds is 6. The Morgan fingerprint density at radius 1 is 1.17 bits per heavy atom. The molecule has 7 heteroatoms. The maximum atomic E-state index is 12.0. The summed E-state index contributed by atoms with van der Waals surface area (Å²) in [5.41, 5.74) is 12.8. The van der Waals surface area contributed by atoms with Crippen molar-refractivity contribution in [3.63, 3.8) is 0 Å². The van der Waals surface area contributed by atoms with E-state index in [2.05, 4.69) is 48.2 Å². The van der Waals surface area contributed by atoms with Crippen LogP contribution in [0.25, 0.3) is 22.0 Å². The van der Waals surface area contributed by atoms with Gasteiger partial charge in [0.05, 0.1) is 36.6 Å². The number of carbonyl (C=O) groups is 1. The molecule has 0 aliphatic carbocycles. The third-order valence-corrected chi connectivity index (χ3v) is 7.26. The third-order valence-electron chi connectivity index (χ3n) is 7.26. The second-order valence-corrected chi connectivity index (χ2v) is 9.40. The topological polar surface area (TPSA) is 80.9 Å². The van der Waals surface area contributed by atoms with Crippen LogP contribution in [0.2, 0.25) is 0 Å². The summed E-state index contributed by atoms with van der Waals surface area (Å²) in [6.07, 6.45) is 2.82. The van der Waals surface area contributed by atoms with Crippen LogP contribution < -0.4 is 10.6 Å². The number of morpholine rings is 1.